The van der Waals surface area contributed by atoms with Gasteiger partial charge in [0, 0.05) is 32.7 Å². The van der Waals surface area contributed by atoms with E-state index in [1.807, 2.05) is 0 Å². The minimum Gasteiger partial charge on any atom is -0.218 e. The van der Waals surface area contributed by atoms with Crippen molar-refractivity contribution < 1.29 is 32.7 Å². The Morgan fingerprint density at radius 3 is 0.951 bits per heavy atom. The molecule has 0 atom stereocenters. The normalized spacial score (nSPS) is 11.7. The van der Waals surface area contributed by atoms with Crippen molar-refractivity contribution in [3.63, 3.8) is 0 Å². The molecule has 0 amide bonds. The number of fused-ring (bicyclic) bond motifs is 7. The number of rotatable bonds is 1. The summed E-state index contributed by atoms with van der Waals surface area (Å²) in [4.78, 5) is 0. The van der Waals surface area contributed by atoms with E-state index >= 15 is 0 Å². The first-order chi connectivity index (χ1) is 19.8. The van der Waals surface area contributed by atoms with Gasteiger partial charge in [0.15, 0.2) is 0 Å². The predicted octanol–water partition coefficient (Wildman–Crippen LogP) is 11.0. The van der Waals surface area contributed by atoms with Gasteiger partial charge in [-0.3, -0.25) is 0 Å². The molecule has 0 spiro atoms. The molecule has 0 bridgehead atoms. The van der Waals surface area contributed by atoms with E-state index in [0.29, 0.717) is 0 Å². The molecule has 0 heterocycles. The topological polar surface area (TPSA) is 0 Å². The molecule has 1 heteroatoms. The van der Waals surface area contributed by atoms with E-state index in [9.17, 15) is 0 Å². The van der Waals surface area contributed by atoms with Crippen molar-refractivity contribution in [1.82, 2.24) is 0 Å². The fraction of sp³-hybridized carbons (Fsp3) is 0. The van der Waals surface area contributed by atoms with Crippen LogP contribution >= 0.6 is 0 Å². The number of benzene rings is 9. The molecule has 0 N–H and O–H groups in total. The van der Waals surface area contributed by atoms with Crippen LogP contribution in [0.4, 0.5) is 0 Å². The molecule has 0 aliphatic carbocycles. The van der Waals surface area contributed by atoms with Crippen LogP contribution in [0.1, 0.15) is 0 Å². The predicted molar refractivity (Wildman–Crippen MR) is 172 cm³/mol. The van der Waals surface area contributed by atoms with Gasteiger partial charge in [-0.2, -0.15) is 24.3 Å². The van der Waals surface area contributed by atoms with Crippen molar-refractivity contribution in [2.45, 2.75) is 0 Å². The van der Waals surface area contributed by atoms with Gasteiger partial charge in [0.25, 0.3) is 0 Å². The Hall–Kier alpha value is -4.10. The third kappa shape index (κ3) is 3.97. The van der Waals surface area contributed by atoms with Crippen molar-refractivity contribution in [2.24, 2.45) is 0 Å². The van der Waals surface area contributed by atoms with E-state index < -0.39 is 0 Å². The van der Waals surface area contributed by atoms with Crippen LogP contribution in [0.25, 0.3) is 86.5 Å². The van der Waals surface area contributed by atoms with E-state index in [2.05, 4.69) is 146 Å². The fourth-order valence-corrected chi connectivity index (χ4v) is 6.48. The van der Waals surface area contributed by atoms with Gasteiger partial charge in [-0.1, -0.05) is 72.8 Å². The summed E-state index contributed by atoms with van der Waals surface area (Å²) in [6.45, 7) is 0. The average Bonchev–Trinajstić information content (AvgIpc) is 2.99. The van der Waals surface area contributed by atoms with Crippen LogP contribution in [0.5, 0.6) is 0 Å². The molecule has 187 valence electrons. The molecule has 41 heavy (non-hydrogen) atoms. The van der Waals surface area contributed by atoms with Gasteiger partial charge in [-0.05, 0) is 90.3 Å². The van der Waals surface area contributed by atoms with Crippen molar-refractivity contribution in [3.8, 4) is 11.1 Å². The molecular weight excluding hydrogens is 569 g/mol. The standard InChI is InChI=1S/C40H22.Y/c1-2-9-27-17-33-22-36-24-40-30(20-34(36)21-32(33)16-26(27)8-1)12-6-14-38(40)37-13-5-11-29-19-31-15-25-7-3-4-10-28(25)18-35(31)23-39(29)37;/h1-12,15-24H;/q-2;. The quantitative estimate of drug-likeness (QED) is 0.132. The van der Waals surface area contributed by atoms with Crippen LogP contribution in [0.3, 0.4) is 0 Å². The summed E-state index contributed by atoms with van der Waals surface area (Å²) in [6.07, 6.45) is 0. The zero-order valence-electron chi connectivity index (χ0n) is 22.3. The van der Waals surface area contributed by atoms with Gasteiger partial charge in [0.05, 0.1) is 0 Å². The van der Waals surface area contributed by atoms with Gasteiger partial charge in [-0.25, -0.2) is 11.1 Å². The Morgan fingerprint density at radius 2 is 0.585 bits per heavy atom. The molecule has 0 nitrogen and oxygen atoms in total. The second-order valence-electron chi connectivity index (χ2n) is 10.9. The summed E-state index contributed by atoms with van der Waals surface area (Å²) >= 11 is 0. The third-order valence-corrected chi connectivity index (χ3v) is 8.47. The summed E-state index contributed by atoms with van der Waals surface area (Å²) < 4.78 is 0. The van der Waals surface area contributed by atoms with Crippen LogP contribution in [-0.2, 0) is 32.7 Å². The van der Waals surface area contributed by atoms with Crippen LogP contribution in [-0.4, -0.2) is 0 Å². The van der Waals surface area contributed by atoms with E-state index in [-0.39, 0.29) is 32.7 Å². The Balaban J connectivity index is 0.00000256. The minimum atomic E-state index is 0. The molecule has 0 unspecified atom stereocenters. The minimum absolute atomic E-state index is 0. The van der Waals surface area contributed by atoms with Gasteiger partial charge in [-0.15, -0.1) is 33.7 Å². The summed E-state index contributed by atoms with van der Waals surface area (Å²) in [6, 6.07) is 56.0. The second-order valence-corrected chi connectivity index (χ2v) is 10.9. The maximum absolute atomic E-state index is 3.59. The first-order valence-electron chi connectivity index (χ1n) is 13.7. The maximum atomic E-state index is 3.59. The molecule has 0 aliphatic rings. The zero-order valence-corrected chi connectivity index (χ0v) is 25.1. The molecule has 0 aromatic heterocycles. The van der Waals surface area contributed by atoms with Crippen molar-refractivity contribution in [1.29, 1.82) is 0 Å². The second kappa shape index (κ2) is 9.49. The largest absolute Gasteiger partial charge is 0.218 e. The molecule has 0 saturated heterocycles. The smallest absolute Gasteiger partial charge is 0 e. The van der Waals surface area contributed by atoms with Crippen molar-refractivity contribution in [3.05, 3.63) is 146 Å². The fourth-order valence-electron chi connectivity index (χ4n) is 6.48. The average molecular weight is 592 g/mol. The van der Waals surface area contributed by atoms with Gasteiger partial charge in [0.1, 0.15) is 0 Å². The molecule has 0 aliphatic heterocycles. The molecule has 0 fully saturated rings. The van der Waals surface area contributed by atoms with Crippen molar-refractivity contribution >= 4 is 75.4 Å². The Kier molecular flexibility index (Phi) is 5.71. The van der Waals surface area contributed by atoms with Crippen molar-refractivity contribution in [2.75, 3.05) is 0 Å². The van der Waals surface area contributed by atoms with Crippen LogP contribution in [0, 0.1) is 12.1 Å². The zero-order chi connectivity index (χ0) is 26.2. The number of hydrogen-bond acceptors (Lipinski definition) is 0. The van der Waals surface area contributed by atoms with Crippen LogP contribution < -0.4 is 0 Å². The summed E-state index contributed by atoms with van der Waals surface area (Å²) in [5.74, 6) is 0. The molecular formula is C40H22Y-2. The van der Waals surface area contributed by atoms with E-state index in [1.54, 1.807) is 0 Å². The maximum Gasteiger partial charge on any atom is 0 e. The van der Waals surface area contributed by atoms with Gasteiger partial charge in [0.2, 0.25) is 0 Å². The summed E-state index contributed by atoms with van der Waals surface area (Å²) in [7, 11) is 0. The van der Waals surface area contributed by atoms with E-state index in [4.69, 9.17) is 0 Å². The molecule has 1 radical (unpaired) electrons. The first kappa shape index (κ1) is 24.7. The molecule has 9 rings (SSSR count). The summed E-state index contributed by atoms with van der Waals surface area (Å²) in [5.41, 5.74) is 2.20. The molecule has 9 aromatic rings. The van der Waals surface area contributed by atoms with Crippen LogP contribution in [0.2, 0.25) is 0 Å². The Morgan fingerprint density at radius 1 is 0.293 bits per heavy atom. The van der Waals surface area contributed by atoms with E-state index in [1.165, 1.54) is 75.4 Å². The van der Waals surface area contributed by atoms with Gasteiger partial charge < -0.3 is 0 Å². The molecule has 0 saturated carbocycles. The summed E-state index contributed by atoms with van der Waals surface area (Å²) in [5, 5.41) is 17.5. The first-order valence-corrected chi connectivity index (χ1v) is 13.7. The van der Waals surface area contributed by atoms with Gasteiger partial charge >= 0.3 is 0 Å². The Bertz CT molecular complexity index is 2490. The van der Waals surface area contributed by atoms with E-state index in [0.717, 1.165) is 11.1 Å². The molecule has 9 aromatic carbocycles. The third-order valence-electron chi connectivity index (χ3n) is 8.47. The monoisotopic (exact) mass is 591 g/mol. The number of hydrogen-bond donors (Lipinski definition) is 0. The SMILES string of the molecule is [Y].[c-]1ccc2cc3cc4ccccc4cc3cc2c1-c1[c-]ccc2cc3cc4cc5ccccc5cc4cc3cc12. The van der Waals surface area contributed by atoms with Crippen LogP contribution in [0.15, 0.2) is 133 Å². The Labute approximate surface area is 263 Å².